The number of rotatable bonds is 11. The molecule has 0 aromatic heterocycles. The highest BCUT2D eigenvalue weighted by atomic mass is 16.5. The molecule has 1 N–H and O–H groups in total. The molecule has 0 heterocycles. The molecule has 0 aromatic rings. The van der Waals surface area contributed by atoms with Crippen LogP contribution >= 0.6 is 0 Å². The largest absolute Gasteiger partial charge is 0.468 e. The first-order chi connectivity index (χ1) is 9.92. The van der Waals surface area contributed by atoms with Crippen molar-refractivity contribution in [1.82, 2.24) is 10.2 Å². The van der Waals surface area contributed by atoms with E-state index in [9.17, 15) is 4.79 Å². The zero-order valence-electron chi connectivity index (χ0n) is 14.6. The van der Waals surface area contributed by atoms with Gasteiger partial charge in [-0.3, -0.25) is 10.1 Å². The molecule has 0 aromatic carbocycles. The number of nitrogens with one attached hydrogen (secondary N) is 1. The fourth-order valence-corrected chi connectivity index (χ4v) is 3.01. The first-order valence-electron chi connectivity index (χ1n) is 8.53. The SMILES string of the molecule is CCCCN(CCCC(C)(NC(C)C)C(=O)OC)C1CC1. The lowest BCUT2D eigenvalue weighted by Gasteiger charge is -2.31. The van der Waals surface area contributed by atoms with Gasteiger partial charge in [-0.25, -0.2) is 0 Å². The summed E-state index contributed by atoms with van der Waals surface area (Å²) in [5, 5.41) is 3.38. The minimum atomic E-state index is -0.567. The lowest BCUT2D eigenvalue weighted by molar-refractivity contribution is -0.148. The van der Waals surface area contributed by atoms with Gasteiger partial charge in [0.1, 0.15) is 5.54 Å². The number of carbonyl (C=O) groups is 1. The van der Waals surface area contributed by atoms with Gasteiger partial charge in [-0.1, -0.05) is 13.3 Å². The normalized spacial score (nSPS) is 18.0. The van der Waals surface area contributed by atoms with Crippen LogP contribution in [-0.4, -0.2) is 48.7 Å². The third kappa shape index (κ3) is 6.35. The zero-order valence-corrected chi connectivity index (χ0v) is 14.6. The molecule has 0 spiro atoms. The molecule has 4 nitrogen and oxygen atoms in total. The second-order valence-corrected chi connectivity index (χ2v) is 6.85. The van der Waals surface area contributed by atoms with Crippen molar-refractivity contribution in [3.05, 3.63) is 0 Å². The van der Waals surface area contributed by atoms with E-state index in [1.165, 1.54) is 39.3 Å². The van der Waals surface area contributed by atoms with E-state index in [0.29, 0.717) is 0 Å². The van der Waals surface area contributed by atoms with E-state index in [2.05, 4.69) is 31.0 Å². The van der Waals surface area contributed by atoms with Gasteiger partial charge < -0.3 is 9.64 Å². The first-order valence-corrected chi connectivity index (χ1v) is 8.53. The Kier molecular flexibility index (Phi) is 7.67. The molecular weight excluding hydrogens is 264 g/mol. The van der Waals surface area contributed by atoms with Gasteiger partial charge >= 0.3 is 5.97 Å². The number of carbonyl (C=O) groups excluding carboxylic acids is 1. The predicted molar refractivity (Wildman–Crippen MR) is 87.4 cm³/mol. The van der Waals surface area contributed by atoms with E-state index >= 15 is 0 Å². The molecule has 0 bridgehead atoms. The third-order valence-corrected chi connectivity index (χ3v) is 4.23. The fraction of sp³-hybridized carbons (Fsp3) is 0.941. The van der Waals surface area contributed by atoms with Crippen LogP contribution in [0, 0.1) is 0 Å². The Morgan fingerprint density at radius 1 is 1.33 bits per heavy atom. The summed E-state index contributed by atoms with van der Waals surface area (Å²) in [6.07, 6.45) is 7.08. The zero-order chi connectivity index (χ0) is 15.9. The lowest BCUT2D eigenvalue weighted by atomic mass is 9.94. The maximum atomic E-state index is 12.1. The Morgan fingerprint density at radius 2 is 1.95 bits per heavy atom. The number of methoxy groups -OCH3 is 1. The maximum Gasteiger partial charge on any atom is 0.325 e. The number of hydrogen-bond acceptors (Lipinski definition) is 4. The second kappa shape index (κ2) is 8.74. The van der Waals surface area contributed by atoms with E-state index in [-0.39, 0.29) is 12.0 Å². The van der Waals surface area contributed by atoms with Crippen molar-refractivity contribution in [2.24, 2.45) is 0 Å². The number of hydrogen-bond donors (Lipinski definition) is 1. The molecular formula is C17H34N2O2. The van der Waals surface area contributed by atoms with Crippen LogP contribution in [0.15, 0.2) is 0 Å². The molecule has 1 rings (SSSR count). The fourth-order valence-electron chi connectivity index (χ4n) is 3.01. The summed E-state index contributed by atoms with van der Waals surface area (Å²) in [4.78, 5) is 14.7. The Balaban J connectivity index is 2.45. The van der Waals surface area contributed by atoms with E-state index in [4.69, 9.17) is 4.74 Å². The van der Waals surface area contributed by atoms with Crippen LogP contribution in [0.3, 0.4) is 0 Å². The van der Waals surface area contributed by atoms with Gasteiger partial charge in [0.05, 0.1) is 7.11 Å². The highest BCUT2D eigenvalue weighted by Crippen LogP contribution is 2.28. The molecule has 0 radical (unpaired) electrons. The molecule has 0 saturated heterocycles. The summed E-state index contributed by atoms with van der Waals surface area (Å²) >= 11 is 0. The monoisotopic (exact) mass is 298 g/mol. The van der Waals surface area contributed by atoms with Crippen molar-refractivity contribution in [2.45, 2.75) is 83.8 Å². The molecule has 1 saturated carbocycles. The minimum absolute atomic E-state index is 0.150. The quantitative estimate of drug-likeness (QED) is 0.596. The molecule has 0 amide bonds. The number of ether oxygens (including phenoxy) is 1. The standard InChI is InChI=1S/C17H34N2O2/c1-6-7-12-19(15-9-10-15)13-8-11-17(4,16(20)21-5)18-14(2)3/h14-15,18H,6-13H2,1-5H3. The van der Waals surface area contributed by atoms with Crippen LogP contribution in [0.4, 0.5) is 0 Å². The average Bonchev–Trinajstić information content (AvgIpc) is 3.25. The molecule has 1 fully saturated rings. The Labute approximate surface area is 130 Å². The number of nitrogens with zero attached hydrogens (tertiary/aromatic N) is 1. The summed E-state index contributed by atoms with van der Waals surface area (Å²) in [6.45, 7) is 10.6. The summed E-state index contributed by atoms with van der Waals surface area (Å²) < 4.78 is 4.98. The lowest BCUT2D eigenvalue weighted by Crippen LogP contribution is -2.53. The number of unbranched alkanes of at least 4 members (excludes halogenated alkanes) is 1. The molecule has 1 aliphatic rings. The highest BCUT2D eigenvalue weighted by molar-refractivity contribution is 5.80. The van der Waals surface area contributed by atoms with Crippen molar-refractivity contribution in [2.75, 3.05) is 20.2 Å². The maximum absolute atomic E-state index is 12.1. The Morgan fingerprint density at radius 3 is 2.43 bits per heavy atom. The van der Waals surface area contributed by atoms with Gasteiger partial charge in [0.2, 0.25) is 0 Å². The summed E-state index contributed by atoms with van der Waals surface area (Å²) in [5.74, 6) is -0.150. The van der Waals surface area contributed by atoms with Gasteiger partial charge in [0.25, 0.3) is 0 Å². The van der Waals surface area contributed by atoms with E-state index in [0.717, 1.165) is 25.4 Å². The van der Waals surface area contributed by atoms with Gasteiger partial charge in [0, 0.05) is 12.1 Å². The third-order valence-electron chi connectivity index (χ3n) is 4.23. The van der Waals surface area contributed by atoms with E-state index < -0.39 is 5.54 Å². The van der Waals surface area contributed by atoms with E-state index in [1.807, 2.05) is 6.92 Å². The van der Waals surface area contributed by atoms with Gasteiger partial charge in [-0.2, -0.15) is 0 Å². The predicted octanol–water partition coefficient (Wildman–Crippen LogP) is 2.96. The van der Waals surface area contributed by atoms with Gasteiger partial charge in [-0.05, 0) is 66.0 Å². The molecule has 0 aliphatic heterocycles. The van der Waals surface area contributed by atoms with Crippen molar-refractivity contribution in [3.8, 4) is 0 Å². The second-order valence-electron chi connectivity index (χ2n) is 6.85. The molecule has 1 unspecified atom stereocenters. The topological polar surface area (TPSA) is 41.6 Å². The summed E-state index contributed by atoms with van der Waals surface area (Å²) in [7, 11) is 1.47. The van der Waals surface area contributed by atoms with Crippen molar-refractivity contribution < 1.29 is 9.53 Å². The smallest absolute Gasteiger partial charge is 0.325 e. The molecule has 1 aliphatic carbocycles. The number of esters is 1. The summed E-state index contributed by atoms with van der Waals surface area (Å²) in [6, 6.07) is 1.08. The van der Waals surface area contributed by atoms with Crippen molar-refractivity contribution in [3.63, 3.8) is 0 Å². The van der Waals surface area contributed by atoms with Crippen LogP contribution in [0.25, 0.3) is 0 Å². The highest BCUT2D eigenvalue weighted by Gasteiger charge is 2.35. The van der Waals surface area contributed by atoms with Crippen LogP contribution in [0.1, 0.15) is 66.2 Å². The Hall–Kier alpha value is -0.610. The van der Waals surface area contributed by atoms with Crippen molar-refractivity contribution >= 4 is 5.97 Å². The van der Waals surface area contributed by atoms with Crippen LogP contribution in [0.2, 0.25) is 0 Å². The molecule has 124 valence electrons. The first kappa shape index (κ1) is 18.4. The molecule has 4 heteroatoms. The van der Waals surface area contributed by atoms with Gasteiger partial charge in [-0.15, -0.1) is 0 Å². The van der Waals surface area contributed by atoms with Crippen LogP contribution < -0.4 is 5.32 Å². The van der Waals surface area contributed by atoms with Crippen LogP contribution in [-0.2, 0) is 9.53 Å². The minimum Gasteiger partial charge on any atom is -0.468 e. The average molecular weight is 298 g/mol. The summed E-state index contributed by atoms with van der Waals surface area (Å²) in [5.41, 5.74) is -0.567. The van der Waals surface area contributed by atoms with Crippen molar-refractivity contribution in [1.29, 1.82) is 0 Å². The van der Waals surface area contributed by atoms with E-state index in [1.54, 1.807) is 0 Å². The molecule has 21 heavy (non-hydrogen) atoms. The van der Waals surface area contributed by atoms with Gasteiger partial charge in [0.15, 0.2) is 0 Å². The Bertz CT molecular complexity index is 316. The molecule has 1 atom stereocenters. The van der Waals surface area contributed by atoms with Crippen LogP contribution in [0.5, 0.6) is 0 Å².